The fourth-order valence-corrected chi connectivity index (χ4v) is 3.70. The van der Waals surface area contributed by atoms with Gasteiger partial charge in [0.2, 0.25) is 11.9 Å². The quantitative estimate of drug-likeness (QED) is 0.623. The summed E-state index contributed by atoms with van der Waals surface area (Å²) in [6.45, 7) is 2.95. The molecule has 3 aromatic rings. The summed E-state index contributed by atoms with van der Waals surface area (Å²) in [6.07, 6.45) is 3.73. The molecule has 2 amide bonds. The summed E-state index contributed by atoms with van der Waals surface area (Å²) in [5.74, 6) is 0.559. The van der Waals surface area contributed by atoms with Crippen LogP contribution in [0.3, 0.4) is 0 Å². The molecule has 0 spiro atoms. The van der Waals surface area contributed by atoms with Crippen molar-refractivity contribution in [2.45, 2.75) is 6.42 Å². The third-order valence-corrected chi connectivity index (χ3v) is 5.57. The highest BCUT2D eigenvalue weighted by Crippen LogP contribution is 2.16. The Balaban J connectivity index is 1.23. The van der Waals surface area contributed by atoms with Crippen LogP contribution in [0.25, 0.3) is 10.8 Å². The molecule has 8 heteroatoms. The molecule has 1 aromatic heterocycles. The maximum absolute atomic E-state index is 12.5. The minimum atomic E-state index is -0.161. The van der Waals surface area contributed by atoms with E-state index in [-0.39, 0.29) is 18.2 Å². The Bertz CT molecular complexity index is 1050. The summed E-state index contributed by atoms with van der Waals surface area (Å²) in [6, 6.07) is 13.5. The van der Waals surface area contributed by atoms with Crippen molar-refractivity contribution in [2.75, 3.05) is 37.6 Å². The van der Waals surface area contributed by atoms with Gasteiger partial charge in [-0.15, -0.1) is 0 Å². The van der Waals surface area contributed by atoms with Gasteiger partial charge in [0.05, 0.1) is 4.47 Å². The second kappa shape index (κ2) is 9.21. The summed E-state index contributed by atoms with van der Waals surface area (Å²) in [7, 11) is 0. The fourth-order valence-electron chi connectivity index (χ4n) is 3.50. The van der Waals surface area contributed by atoms with Gasteiger partial charge in [0.15, 0.2) is 0 Å². The zero-order valence-electron chi connectivity index (χ0n) is 16.4. The van der Waals surface area contributed by atoms with E-state index in [4.69, 9.17) is 0 Å². The number of fused-ring (bicyclic) bond motifs is 1. The SMILES string of the molecule is O=C(NCCC(=O)N1CCN(c2ncc(Br)cn2)CC1)c1ccc2ccccc2c1. The number of nitrogens with one attached hydrogen (secondary N) is 1. The van der Waals surface area contributed by atoms with Crippen molar-refractivity contribution in [3.05, 3.63) is 64.9 Å². The van der Waals surface area contributed by atoms with E-state index in [0.717, 1.165) is 15.2 Å². The lowest BCUT2D eigenvalue weighted by molar-refractivity contribution is -0.131. The first-order chi connectivity index (χ1) is 14.6. The van der Waals surface area contributed by atoms with Gasteiger partial charge in [0, 0.05) is 57.1 Å². The number of benzene rings is 2. The highest BCUT2D eigenvalue weighted by molar-refractivity contribution is 9.10. The fraction of sp³-hybridized carbons (Fsp3) is 0.273. The molecule has 2 aromatic carbocycles. The maximum Gasteiger partial charge on any atom is 0.251 e. The number of piperazine rings is 1. The Morgan fingerprint density at radius 2 is 1.67 bits per heavy atom. The van der Waals surface area contributed by atoms with E-state index in [9.17, 15) is 9.59 Å². The smallest absolute Gasteiger partial charge is 0.251 e. The molecule has 0 unspecified atom stereocenters. The predicted molar refractivity (Wildman–Crippen MR) is 119 cm³/mol. The minimum Gasteiger partial charge on any atom is -0.352 e. The standard InChI is InChI=1S/C22H22BrN5O2/c23-19-14-25-22(26-15-19)28-11-9-27(10-12-28)20(29)7-8-24-21(30)18-6-5-16-3-1-2-4-17(16)13-18/h1-6,13-15H,7-12H2,(H,24,30). The van der Waals surface area contributed by atoms with Crippen LogP contribution >= 0.6 is 15.9 Å². The lowest BCUT2D eigenvalue weighted by atomic mass is 10.1. The number of rotatable bonds is 5. The summed E-state index contributed by atoms with van der Waals surface area (Å²) >= 11 is 3.33. The Kier molecular flexibility index (Phi) is 6.23. The van der Waals surface area contributed by atoms with Gasteiger partial charge in [-0.2, -0.15) is 0 Å². The van der Waals surface area contributed by atoms with Crippen LogP contribution in [0.1, 0.15) is 16.8 Å². The van der Waals surface area contributed by atoms with Crippen LogP contribution in [0, 0.1) is 0 Å². The molecule has 7 nitrogen and oxygen atoms in total. The van der Waals surface area contributed by atoms with Crippen LogP contribution < -0.4 is 10.2 Å². The number of carbonyl (C=O) groups is 2. The van der Waals surface area contributed by atoms with Crippen LogP contribution in [-0.2, 0) is 4.79 Å². The molecule has 154 valence electrons. The molecule has 1 saturated heterocycles. The Hall–Kier alpha value is -3.00. The van der Waals surface area contributed by atoms with Crippen LogP contribution in [0.15, 0.2) is 59.3 Å². The second-order valence-electron chi connectivity index (χ2n) is 7.14. The van der Waals surface area contributed by atoms with E-state index in [2.05, 4.69) is 36.1 Å². The van der Waals surface area contributed by atoms with Crippen LogP contribution in [-0.4, -0.2) is 59.4 Å². The van der Waals surface area contributed by atoms with E-state index in [0.29, 0.717) is 44.2 Å². The molecule has 0 atom stereocenters. The number of carbonyl (C=O) groups excluding carboxylic acids is 2. The molecule has 1 N–H and O–H groups in total. The Morgan fingerprint density at radius 3 is 2.40 bits per heavy atom. The molecule has 1 aliphatic rings. The average Bonchev–Trinajstić information content (AvgIpc) is 2.79. The summed E-state index contributed by atoms with van der Waals surface area (Å²) < 4.78 is 0.839. The highest BCUT2D eigenvalue weighted by Gasteiger charge is 2.22. The molecule has 0 radical (unpaired) electrons. The first-order valence-corrected chi connectivity index (χ1v) is 10.7. The van der Waals surface area contributed by atoms with Gasteiger partial charge in [-0.25, -0.2) is 9.97 Å². The van der Waals surface area contributed by atoms with Gasteiger partial charge < -0.3 is 15.1 Å². The number of anilines is 1. The average molecular weight is 468 g/mol. The summed E-state index contributed by atoms with van der Waals surface area (Å²) in [5, 5.41) is 4.97. The number of hydrogen-bond donors (Lipinski definition) is 1. The molecule has 1 aliphatic heterocycles. The lowest BCUT2D eigenvalue weighted by Crippen LogP contribution is -2.49. The van der Waals surface area contributed by atoms with Crippen molar-refractivity contribution < 1.29 is 9.59 Å². The molecule has 0 bridgehead atoms. The number of aromatic nitrogens is 2. The normalized spacial score (nSPS) is 14.0. The molecule has 1 fully saturated rings. The molecule has 0 saturated carbocycles. The number of halogens is 1. The maximum atomic E-state index is 12.5. The summed E-state index contributed by atoms with van der Waals surface area (Å²) in [5.41, 5.74) is 0.601. The van der Waals surface area contributed by atoms with Crippen LogP contribution in [0.4, 0.5) is 5.95 Å². The molecule has 30 heavy (non-hydrogen) atoms. The van der Waals surface area contributed by atoms with Crippen molar-refractivity contribution in [3.8, 4) is 0 Å². The largest absolute Gasteiger partial charge is 0.352 e. The van der Waals surface area contributed by atoms with Crippen molar-refractivity contribution in [2.24, 2.45) is 0 Å². The number of nitrogens with zero attached hydrogens (tertiary/aromatic N) is 4. The second-order valence-corrected chi connectivity index (χ2v) is 8.05. The third-order valence-electron chi connectivity index (χ3n) is 5.16. The molecular weight excluding hydrogens is 446 g/mol. The monoisotopic (exact) mass is 467 g/mol. The van der Waals surface area contributed by atoms with Crippen molar-refractivity contribution in [3.63, 3.8) is 0 Å². The van der Waals surface area contributed by atoms with Gasteiger partial charge in [0.25, 0.3) is 5.91 Å². The van der Waals surface area contributed by atoms with Gasteiger partial charge in [0.1, 0.15) is 0 Å². The van der Waals surface area contributed by atoms with Crippen molar-refractivity contribution in [1.29, 1.82) is 0 Å². The predicted octanol–water partition coefficient (Wildman–Crippen LogP) is 2.86. The van der Waals surface area contributed by atoms with Gasteiger partial charge in [-0.3, -0.25) is 9.59 Å². The zero-order valence-corrected chi connectivity index (χ0v) is 18.0. The van der Waals surface area contributed by atoms with Crippen LogP contribution in [0.2, 0.25) is 0 Å². The van der Waals surface area contributed by atoms with Crippen molar-refractivity contribution >= 4 is 44.5 Å². The number of amides is 2. The van der Waals surface area contributed by atoms with Crippen LogP contribution in [0.5, 0.6) is 0 Å². The topological polar surface area (TPSA) is 78.4 Å². The Morgan fingerprint density at radius 1 is 0.967 bits per heavy atom. The minimum absolute atomic E-state index is 0.0465. The first kappa shape index (κ1) is 20.3. The molecule has 0 aliphatic carbocycles. The van der Waals surface area contributed by atoms with Gasteiger partial charge >= 0.3 is 0 Å². The summed E-state index contributed by atoms with van der Waals surface area (Å²) in [4.78, 5) is 37.4. The lowest BCUT2D eigenvalue weighted by Gasteiger charge is -2.34. The van der Waals surface area contributed by atoms with Gasteiger partial charge in [-0.1, -0.05) is 30.3 Å². The third kappa shape index (κ3) is 4.76. The zero-order chi connectivity index (χ0) is 20.9. The van der Waals surface area contributed by atoms with Gasteiger partial charge in [-0.05, 0) is 38.8 Å². The van der Waals surface area contributed by atoms with E-state index in [1.807, 2.05) is 47.4 Å². The van der Waals surface area contributed by atoms with E-state index in [1.165, 1.54) is 0 Å². The Labute approximate surface area is 183 Å². The van der Waals surface area contributed by atoms with E-state index >= 15 is 0 Å². The van der Waals surface area contributed by atoms with Crippen molar-refractivity contribution in [1.82, 2.24) is 20.2 Å². The molecular formula is C22H22BrN5O2. The highest BCUT2D eigenvalue weighted by atomic mass is 79.9. The number of hydrogen-bond acceptors (Lipinski definition) is 5. The van der Waals surface area contributed by atoms with E-state index in [1.54, 1.807) is 12.4 Å². The molecule has 4 rings (SSSR count). The molecule has 2 heterocycles. The van der Waals surface area contributed by atoms with E-state index < -0.39 is 0 Å². The first-order valence-electron chi connectivity index (χ1n) is 9.87.